The number of Topliss-reactive ketones (excluding diaryl/α,β-unsaturated/α-hetero) is 2. The molecule has 36 heavy (non-hydrogen) atoms. The van der Waals surface area contributed by atoms with Crippen LogP contribution in [-0.4, -0.2) is 29.6 Å². The van der Waals surface area contributed by atoms with Gasteiger partial charge in [0.1, 0.15) is 11.5 Å². The van der Waals surface area contributed by atoms with Crippen LogP contribution < -0.4 is 10.2 Å². The number of benzene rings is 2. The third-order valence-electron chi connectivity index (χ3n) is 7.94. The average Bonchev–Trinajstić information content (AvgIpc) is 3.55. The van der Waals surface area contributed by atoms with Crippen molar-refractivity contribution in [1.82, 2.24) is 0 Å². The number of para-hydroxylation sites is 2. The van der Waals surface area contributed by atoms with Gasteiger partial charge in [0.05, 0.1) is 16.8 Å². The maximum Gasteiger partial charge on any atom is 0.238 e. The van der Waals surface area contributed by atoms with Crippen molar-refractivity contribution < 1.29 is 14.4 Å². The zero-order chi connectivity index (χ0) is 25.4. The second-order valence-electron chi connectivity index (χ2n) is 11.0. The molecule has 6 rings (SSSR count). The molecule has 0 saturated carbocycles. The minimum atomic E-state index is -1.24. The number of rotatable bonds is 3. The SMILES string of the molecule is CC1=C[C@@H]2N(c3ccccc31)[C@H](C(=O)C(C)(C)C)[C@@H](C(=O)c1cccs1)[C@]21C(=O)Nc2ccccc21. The first-order valence-electron chi connectivity index (χ1n) is 12.3. The van der Waals surface area contributed by atoms with Gasteiger partial charge >= 0.3 is 0 Å². The Bertz CT molecular complexity index is 1450. The number of ketones is 2. The number of fused-ring (bicyclic) bond motifs is 6. The van der Waals surface area contributed by atoms with Gasteiger partial charge in [-0.1, -0.05) is 69.3 Å². The van der Waals surface area contributed by atoms with Crippen molar-refractivity contribution in [2.24, 2.45) is 11.3 Å². The molecule has 3 aromatic rings. The molecule has 0 unspecified atom stereocenters. The van der Waals surface area contributed by atoms with Gasteiger partial charge in [-0.2, -0.15) is 0 Å². The number of nitrogens with zero attached hydrogens (tertiary/aromatic N) is 1. The van der Waals surface area contributed by atoms with Gasteiger partial charge in [-0.3, -0.25) is 14.4 Å². The second kappa shape index (κ2) is 7.74. The summed E-state index contributed by atoms with van der Waals surface area (Å²) in [5.41, 5.74) is 2.49. The Morgan fingerprint density at radius 3 is 2.44 bits per heavy atom. The average molecular weight is 497 g/mol. The summed E-state index contributed by atoms with van der Waals surface area (Å²) in [4.78, 5) is 45.6. The fourth-order valence-electron chi connectivity index (χ4n) is 6.40. The molecule has 4 heterocycles. The van der Waals surface area contributed by atoms with Crippen molar-refractivity contribution in [2.75, 3.05) is 10.2 Å². The maximum atomic E-state index is 14.4. The zero-order valence-electron chi connectivity index (χ0n) is 20.7. The topological polar surface area (TPSA) is 66.5 Å². The number of allylic oxidation sites excluding steroid dienone is 1. The van der Waals surface area contributed by atoms with E-state index in [1.807, 2.05) is 87.7 Å². The summed E-state index contributed by atoms with van der Waals surface area (Å²) >= 11 is 1.36. The van der Waals surface area contributed by atoms with Gasteiger partial charge in [0.15, 0.2) is 11.6 Å². The van der Waals surface area contributed by atoms with E-state index in [-0.39, 0.29) is 17.5 Å². The lowest BCUT2D eigenvalue weighted by molar-refractivity contribution is -0.128. The third-order valence-corrected chi connectivity index (χ3v) is 8.82. The Labute approximate surface area is 214 Å². The number of anilines is 2. The number of carbonyl (C=O) groups is 3. The Kier molecular flexibility index (Phi) is 4.93. The summed E-state index contributed by atoms with van der Waals surface area (Å²) in [6.07, 6.45) is 2.09. The van der Waals surface area contributed by atoms with Gasteiger partial charge < -0.3 is 10.2 Å². The van der Waals surface area contributed by atoms with E-state index >= 15 is 0 Å². The molecule has 1 saturated heterocycles. The van der Waals surface area contributed by atoms with Crippen LogP contribution in [-0.2, 0) is 15.0 Å². The van der Waals surface area contributed by atoms with Crippen LogP contribution in [0.3, 0.4) is 0 Å². The van der Waals surface area contributed by atoms with Gasteiger partial charge in [0.2, 0.25) is 5.91 Å². The Hall–Kier alpha value is -3.51. The highest BCUT2D eigenvalue weighted by Gasteiger charge is 2.71. The first-order valence-corrected chi connectivity index (χ1v) is 13.1. The minimum Gasteiger partial charge on any atom is -0.352 e. The van der Waals surface area contributed by atoms with E-state index in [0.29, 0.717) is 10.6 Å². The molecule has 3 aliphatic heterocycles. The highest BCUT2D eigenvalue weighted by Crippen LogP contribution is 2.59. The molecule has 6 heteroatoms. The Balaban J connectivity index is 1.72. The first-order chi connectivity index (χ1) is 17.2. The summed E-state index contributed by atoms with van der Waals surface area (Å²) in [7, 11) is 0. The molecule has 2 aromatic carbocycles. The van der Waals surface area contributed by atoms with Crippen LogP contribution in [0.25, 0.3) is 5.57 Å². The smallest absolute Gasteiger partial charge is 0.238 e. The molecule has 1 fully saturated rings. The van der Waals surface area contributed by atoms with E-state index < -0.39 is 28.8 Å². The standard InChI is InChI=1S/C30H28N2O3S/c1-17-16-23-30(19-11-6-7-12-20(19)31-28(30)35)24(26(33)22-14-9-15-36-22)25(27(34)29(2,3)4)32(23)21-13-8-5-10-18(17)21/h5-16,23-25H,1-4H3,(H,31,35)/t23-,24-,25-,30+/m0/s1. The number of amides is 1. The summed E-state index contributed by atoms with van der Waals surface area (Å²) < 4.78 is 0. The van der Waals surface area contributed by atoms with Crippen LogP contribution in [0.15, 0.2) is 72.1 Å². The second-order valence-corrected chi connectivity index (χ2v) is 11.9. The lowest BCUT2D eigenvalue weighted by Gasteiger charge is -2.39. The van der Waals surface area contributed by atoms with Gasteiger partial charge in [-0.05, 0) is 41.6 Å². The molecule has 1 amide bonds. The molecule has 3 aliphatic rings. The van der Waals surface area contributed by atoms with Crippen LogP contribution in [0.4, 0.5) is 11.4 Å². The molecule has 182 valence electrons. The van der Waals surface area contributed by atoms with Gasteiger partial charge in [-0.15, -0.1) is 11.3 Å². The van der Waals surface area contributed by atoms with Crippen molar-refractivity contribution in [3.63, 3.8) is 0 Å². The van der Waals surface area contributed by atoms with Crippen molar-refractivity contribution in [3.8, 4) is 0 Å². The van der Waals surface area contributed by atoms with Crippen LogP contribution in [0, 0.1) is 11.3 Å². The Morgan fingerprint density at radius 1 is 1.00 bits per heavy atom. The van der Waals surface area contributed by atoms with Crippen molar-refractivity contribution >= 4 is 45.8 Å². The largest absolute Gasteiger partial charge is 0.352 e. The molecular weight excluding hydrogens is 468 g/mol. The van der Waals surface area contributed by atoms with E-state index in [0.717, 1.165) is 22.4 Å². The van der Waals surface area contributed by atoms with Crippen molar-refractivity contribution in [1.29, 1.82) is 0 Å². The third kappa shape index (κ3) is 2.91. The summed E-state index contributed by atoms with van der Waals surface area (Å²) in [5, 5.41) is 4.94. The summed E-state index contributed by atoms with van der Waals surface area (Å²) in [6, 6.07) is 17.9. The summed E-state index contributed by atoms with van der Waals surface area (Å²) in [6.45, 7) is 7.71. The van der Waals surface area contributed by atoms with E-state index in [9.17, 15) is 14.4 Å². The number of carbonyl (C=O) groups excluding carboxylic acids is 3. The van der Waals surface area contributed by atoms with Crippen LogP contribution in [0.5, 0.6) is 0 Å². The quantitative estimate of drug-likeness (QED) is 0.471. The highest BCUT2D eigenvalue weighted by molar-refractivity contribution is 7.12. The van der Waals surface area contributed by atoms with Crippen LogP contribution in [0.1, 0.15) is 48.5 Å². The van der Waals surface area contributed by atoms with Gasteiger partial charge in [0.25, 0.3) is 0 Å². The van der Waals surface area contributed by atoms with E-state index in [1.165, 1.54) is 11.3 Å². The maximum absolute atomic E-state index is 14.4. The summed E-state index contributed by atoms with van der Waals surface area (Å²) in [5.74, 6) is -1.30. The fraction of sp³-hybridized carbons (Fsp3) is 0.300. The predicted octanol–water partition coefficient (Wildman–Crippen LogP) is 5.73. The van der Waals surface area contributed by atoms with E-state index in [2.05, 4.69) is 16.3 Å². The molecule has 0 aliphatic carbocycles. The lowest BCUT2D eigenvalue weighted by atomic mass is 9.63. The molecule has 5 nitrogen and oxygen atoms in total. The van der Waals surface area contributed by atoms with Crippen molar-refractivity contribution in [3.05, 3.63) is 88.1 Å². The zero-order valence-corrected chi connectivity index (χ0v) is 21.6. The lowest BCUT2D eigenvalue weighted by Crippen LogP contribution is -2.51. The number of thiophene rings is 1. The molecule has 1 N–H and O–H groups in total. The molecular formula is C30H28N2O3S. The Morgan fingerprint density at radius 2 is 1.72 bits per heavy atom. The number of hydrogen-bond acceptors (Lipinski definition) is 5. The van der Waals surface area contributed by atoms with E-state index in [4.69, 9.17) is 0 Å². The highest BCUT2D eigenvalue weighted by atomic mass is 32.1. The van der Waals surface area contributed by atoms with Gasteiger partial charge in [-0.25, -0.2) is 0 Å². The van der Waals surface area contributed by atoms with Crippen LogP contribution in [0.2, 0.25) is 0 Å². The van der Waals surface area contributed by atoms with Gasteiger partial charge in [0, 0.05) is 22.4 Å². The van der Waals surface area contributed by atoms with Crippen LogP contribution >= 0.6 is 11.3 Å². The van der Waals surface area contributed by atoms with E-state index in [1.54, 1.807) is 6.07 Å². The number of hydrogen-bond donors (Lipinski definition) is 1. The fourth-order valence-corrected chi connectivity index (χ4v) is 7.11. The predicted molar refractivity (Wildman–Crippen MR) is 143 cm³/mol. The number of nitrogens with one attached hydrogen (secondary N) is 1. The molecule has 1 spiro atoms. The molecule has 1 aromatic heterocycles. The molecule has 0 bridgehead atoms. The molecule has 0 radical (unpaired) electrons. The molecule has 4 atom stereocenters. The first kappa shape index (κ1) is 22.9. The normalized spacial score (nSPS) is 26.2. The monoisotopic (exact) mass is 496 g/mol. The van der Waals surface area contributed by atoms with Crippen molar-refractivity contribution in [2.45, 2.75) is 45.2 Å². The minimum absolute atomic E-state index is 0.0424.